The number of hydrogen-bond acceptors (Lipinski definition) is 3. The number of Topliss-reactive ketones (excluding diaryl/α,β-unsaturated/α-hetero) is 2. The van der Waals surface area contributed by atoms with Gasteiger partial charge in [-0.1, -0.05) is 60.7 Å². The average Bonchev–Trinajstić information content (AvgIpc) is 2.48. The molecule has 3 nitrogen and oxygen atoms in total. The van der Waals surface area contributed by atoms with E-state index in [1.807, 2.05) is 6.07 Å². The molecule has 0 saturated heterocycles. The van der Waals surface area contributed by atoms with Crippen LogP contribution in [0.4, 0.5) is 0 Å². The molecule has 0 saturated carbocycles. The lowest BCUT2D eigenvalue weighted by atomic mass is 9.99. The molecule has 0 aromatic heterocycles. The van der Waals surface area contributed by atoms with Crippen molar-refractivity contribution in [2.24, 2.45) is 0 Å². The maximum Gasteiger partial charge on any atom is 0.191 e. The lowest BCUT2D eigenvalue weighted by Gasteiger charge is -2.08. The standard InChI is InChI=1S/C16H14O3/c17-14(12-7-3-1-4-8-12)11-15(18)16(19)13-9-5-2-6-10-13/h1-10,15,18H,11H2/t15-/m1/s1. The highest BCUT2D eigenvalue weighted by Gasteiger charge is 2.20. The fourth-order valence-electron chi connectivity index (χ4n) is 1.81. The summed E-state index contributed by atoms with van der Waals surface area (Å²) in [5.74, 6) is -0.665. The molecule has 0 aliphatic heterocycles. The van der Waals surface area contributed by atoms with Crippen LogP contribution in [0, 0.1) is 0 Å². The van der Waals surface area contributed by atoms with Crippen molar-refractivity contribution in [3.8, 4) is 0 Å². The van der Waals surface area contributed by atoms with Crippen molar-refractivity contribution < 1.29 is 14.7 Å². The third-order valence-corrected chi connectivity index (χ3v) is 2.84. The zero-order valence-corrected chi connectivity index (χ0v) is 10.3. The molecule has 1 N–H and O–H groups in total. The summed E-state index contributed by atoms with van der Waals surface area (Å²) < 4.78 is 0. The molecule has 1 atom stereocenters. The summed E-state index contributed by atoms with van der Waals surface area (Å²) >= 11 is 0. The van der Waals surface area contributed by atoms with Gasteiger partial charge in [0, 0.05) is 17.5 Å². The van der Waals surface area contributed by atoms with Crippen LogP contribution in [-0.4, -0.2) is 22.8 Å². The van der Waals surface area contributed by atoms with Gasteiger partial charge in [0.2, 0.25) is 0 Å². The smallest absolute Gasteiger partial charge is 0.191 e. The topological polar surface area (TPSA) is 54.4 Å². The van der Waals surface area contributed by atoms with Gasteiger partial charge < -0.3 is 5.11 Å². The minimum Gasteiger partial charge on any atom is -0.384 e. The quantitative estimate of drug-likeness (QED) is 0.834. The summed E-state index contributed by atoms with van der Waals surface area (Å²) in [4.78, 5) is 23.8. The summed E-state index contributed by atoms with van der Waals surface area (Å²) in [5.41, 5.74) is 0.915. The van der Waals surface area contributed by atoms with Gasteiger partial charge in [-0.25, -0.2) is 0 Å². The van der Waals surface area contributed by atoms with Crippen LogP contribution in [0.1, 0.15) is 27.1 Å². The molecule has 0 amide bonds. The van der Waals surface area contributed by atoms with Crippen LogP contribution in [-0.2, 0) is 0 Å². The predicted octanol–water partition coefficient (Wildman–Crippen LogP) is 2.50. The molecule has 0 bridgehead atoms. The van der Waals surface area contributed by atoms with Crippen LogP contribution in [0.5, 0.6) is 0 Å². The van der Waals surface area contributed by atoms with Gasteiger partial charge in [-0.3, -0.25) is 9.59 Å². The molecule has 2 aromatic rings. The number of hydrogen-bond donors (Lipinski definition) is 1. The Balaban J connectivity index is 2.04. The number of carbonyl (C=O) groups is 2. The van der Waals surface area contributed by atoms with Crippen molar-refractivity contribution >= 4 is 11.6 Å². The van der Waals surface area contributed by atoms with Gasteiger partial charge in [-0.15, -0.1) is 0 Å². The van der Waals surface area contributed by atoms with Gasteiger partial charge in [0.05, 0.1) is 0 Å². The van der Waals surface area contributed by atoms with E-state index < -0.39 is 11.9 Å². The van der Waals surface area contributed by atoms with E-state index in [9.17, 15) is 14.7 Å². The average molecular weight is 254 g/mol. The first-order valence-electron chi connectivity index (χ1n) is 6.04. The SMILES string of the molecule is O=C(C[C@@H](O)C(=O)c1ccccc1)c1ccccc1. The molecule has 19 heavy (non-hydrogen) atoms. The Labute approximate surface area is 111 Å². The Morgan fingerprint density at radius 2 is 1.32 bits per heavy atom. The molecule has 3 heteroatoms. The normalized spacial score (nSPS) is 11.8. The van der Waals surface area contributed by atoms with E-state index in [4.69, 9.17) is 0 Å². The molecule has 0 aliphatic carbocycles. The molecule has 0 spiro atoms. The fraction of sp³-hybridized carbons (Fsp3) is 0.125. The second-order valence-electron chi connectivity index (χ2n) is 4.24. The van der Waals surface area contributed by atoms with Crippen LogP contribution < -0.4 is 0 Å². The lowest BCUT2D eigenvalue weighted by Crippen LogP contribution is -2.24. The molecular formula is C16H14O3. The van der Waals surface area contributed by atoms with E-state index in [1.54, 1.807) is 54.6 Å². The largest absolute Gasteiger partial charge is 0.384 e. The fourth-order valence-corrected chi connectivity index (χ4v) is 1.81. The Bertz CT molecular complexity index is 561. The zero-order valence-electron chi connectivity index (χ0n) is 10.3. The second-order valence-corrected chi connectivity index (χ2v) is 4.24. The molecular weight excluding hydrogens is 240 g/mol. The summed E-state index contributed by atoms with van der Waals surface area (Å²) in [5, 5.41) is 9.83. The molecule has 0 radical (unpaired) electrons. The van der Waals surface area contributed by atoms with Crippen LogP contribution in [0.2, 0.25) is 0 Å². The summed E-state index contributed by atoms with van der Waals surface area (Å²) in [6, 6.07) is 17.1. The van der Waals surface area contributed by atoms with Crippen molar-refractivity contribution in [3.63, 3.8) is 0 Å². The Morgan fingerprint density at radius 1 is 0.842 bits per heavy atom. The minimum atomic E-state index is -1.30. The Kier molecular flexibility index (Phi) is 4.21. The third kappa shape index (κ3) is 3.36. The number of benzene rings is 2. The van der Waals surface area contributed by atoms with Crippen LogP contribution in [0.25, 0.3) is 0 Å². The van der Waals surface area contributed by atoms with E-state index in [0.29, 0.717) is 11.1 Å². The van der Waals surface area contributed by atoms with E-state index >= 15 is 0 Å². The van der Waals surface area contributed by atoms with Crippen molar-refractivity contribution in [1.82, 2.24) is 0 Å². The summed E-state index contributed by atoms with van der Waals surface area (Å²) in [6.07, 6.45) is -1.49. The maximum atomic E-state index is 11.9. The number of rotatable bonds is 5. The first-order chi connectivity index (χ1) is 9.18. The van der Waals surface area contributed by atoms with Crippen molar-refractivity contribution in [2.45, 2.75) is 12.5 Å². The molecule has 0 heterocycles. The molecule has 0 aliphatic rings. The highest BCUT2D eigenvalue weighted by Crippen LogP contribution is 2.10. The molecule has 0 fully saturated rings. The third-order valence-electron chi connectivity index (χ3n) is 2.84. The van der Waals surface area contributed by atoms with Crippen molar-refractivity contribution in [2.75, 3.05) is 0 Å². The number of ketones is 2. The van der Waals surface area contributed by atoms with Crippen LogP contribution >= 0.6 is 0 Å². The van der Waals surface area contributed by atoms with E-state index in [0.717, 1.165) is 0 Å². The van der Waals surface area contributed by atoms with E-state index in [-0.39, 0.29) is 12.2 Å². The van der Waals surface area contributed by atoms with Crippen molar-refractivity contribution in [1.29, 1.82) is 0 Å². The first-order valence-corrected chi connectivity index (χ1v) is 6.04. The molecule has 2 rings (SSSR count). The predicted molar refractivity (Wildman–Crippen MR) is 72.2 cm³/mol. The molecule has 0 unspecified atom stereocenters. The van der Waals surface area contributed by atoms with E-state index in [1.165, 1.54) is 0 Å². The first kappa shape index (κ1) is 13.2. The van der Waals surface area contributed by atoms with Gasteiger partial charge in [-0.05, 0) is 0 Å². The molecule has 2 aromatic carbocycles. The van der Waals surface area contributed by atoms with Gasteiger partial charge in [0.25, 0.3) is 0 Å². The highest BCUT2D eigenvalue weighted by atomic mass is 16.3. The van der Waals surface area contributed by atoms with Crippen LogP contribution in [0.3, 0.4) is 0 Å². The van der Waals surface area contributed by atoms with Gasteiger partial charge in [-0.2, -0.15) is 0 Å². The lowest BCUT2D eigenvalue weighted by molar-refractivity contribution is 0.0681. The monoisotopic (exact) mass is 254 g/mol. The number of aliphatic hydroxyl groups is 1. The van der Waals surface area contributed by atoms with Gasteiger partial charge >= 0.3 is 0 Å². The van der Waals surface area contributed by atoms with Gasteiger partial charge in [0.1, 0.15) is 6.10 Å². The Morgan fingerprint density at radius 3 is 1.84 bits per heavy atom. The van der Waals surface area contributed by atoms with Gasteiger partial charge in [0.15, 0.2) is 11.6 Å². The second kappa shape index (κ2) is 6.07. The maximum absolute atomic E-state index is 11.9. The summed E-state index contributed by atoms with van der Waals surface area (Å²) in [7, 11) is 0. The van der Waals surface area contributed by atoms with Crippen LogP contribution in [0.15, 0.2) is 60.7 Å². The number of aliphatic hydroxyl groups excluding tert-OH is 1. The zero-order chi connectivity index (χ0) is 13.7. The highest BCUT2D eigenvalue weighted by molar-refractivity contribution is 6.04. The summed E-state index contributed by atoms with van der Waals surface area (Å²) in [6.45, 7) is 0. The minimum absolute atomic E-state index is 0.197. The Hall–Kier alpha value is -2.26. The van der Waals surface area contributed by atoms with E-state index in [2.05, 4.69) is 0 Å². The molecule has 96 valence electrons. The number of carbonyl (C=O) groups excluding carboxylic acids is 2. The van der Waals surface area contributed by atoms with Crippen molar-refractivity contribution in [3.05, 3.63) is 71.8 Å².